The normalized spacial score (nSPS) is 9.00. The maximum absolute atomic E-state index is 12.1. The van der Waals surface area contributed by atoms with Crippen LogP contribution in [0.25, 0.3) is 0 Å². The molecular formula is C30H57Na2O8PS. The molecule has 0 saturated carbocycles. The number of hydrogen-bond acceptors (Lipinski definition) is 8. The number of unbranched alkanes of at least 4 members (excludes halogenated alkanes) is 8. The maximum Gasteiger partial charge on any atom is 1.00 e. The molecule has 12 heteroatoms. The van der Waals surface area contributed by atoms with E-state index in [1.54, 1.807) is 0 Å². The first-order valence-electron chi connectivity index (χ1n) is 12.3. The van der Waals surface area contributed by atoms with Gasteiger partial charge in [-0.15, -0.1) is 6.42 Å². The summed E-state index contributed by atoms with van der Waals surface area (Å²) in [4.78, 5) is 45.4. The smallest absolute Gasteiger partial charge is 0.790 e. The molecule has 0 aromatic heterocycles. The predicted molar refractivity (Wildman–Crippen MR) is 180 cm³/mol. The van der Waals surface area contributed by atoms with Crippen molar-refractivity contribution in [2.75, 3.05) is 13.2 Å². The first kappa shape index (κ1) is 47.3. The fourth-order valence-corrected chi connectivity index (χ4v) is 3.07. The minimum Gasteiger partial charge on any atom is -0.790 e. The molecule has 0 radical (unpaired) electrons. The molecule has 0 N–H and O–H groups in total. The van der Waals surface area contributed by atoms with Gasteiger partial charge in [0.15, 0.2) is 6.10 Å². The van der Waals surface area contributed by atoms with Gasteiger partial charge in [0.2, 0.25) is 0 Å². The number of phosphoric acid groups is 1. The van der Waals surface area contributed by atoms with Crippen molar-refractivity contribution in [2.24, 2.45) is 0 Å². The Morgan fingerprint density at radius 3 is 1.69 bits per heavy atom. The Labute approximate surface area is 320 Å². The van der Waals surface area contributed by atoms with Crippen LogP contribution >= 0.6 is 21.3 Å². The van der Waals surface area contributed by atoms with Gasteiger partial charge in [-0.25, -0.2) is 4.79 Å². The Morgan fingerprint density at radius 1 is 0.762 bits per heavy atom. The van der Waals surface area contributed by atoms with Crippen molar-refractivity contribution in [3.05, 3.63) is 0 Å². The zero-order chi connectivity index (χ0) is 29.0. The molecule has 0 aliphatic rings. The zero-order valence-corrected chi connectivity index (χ0v) is 30.2. The Balaban J connectivity index is -0.0000000602. The van der Waals surface area contributed by atoms with E-state index in [1.165, 1.54) is 25.7 Å². The van der Waals surface area contributed by atoms with Crippen LogP contribution in [0.1, 0.15) is 89.7 Å². The summed E-state index contributed by atoms with van der Waals surface area (Å²) in [6.45, 7) is 0.819. The maximum atomic E-state index is 12.1. The summed E-state index contributed by atoms with van der Waals surface area (Å²) in [5.74, 6) is 28.3. The van der Waals surface area contributed by atoms with E-state index < -0.39 is 39.1 Å². The van der Waals surface area contributed by atoms with Gasteiger partial charge in [0.1, 0.15) is 6.61 Å². The molecule has 0 aromatic carbocycles. The molecule has 238 valence electrons. The van der Waals surface area contributed by atoms with Crippen LogP contribution in [-0.2, 0) is 28.2 Å². The zero-order valence-electron chi connectivity index (χ0n) is 24.4. The van der Waals surface area contributed by atoms with Gasteiger partial charge in [-0.2, -0.15) is 13.5 Å². The molecule has 42 heavy (non-hydrogen) atoms. The minimum absolute atomic E-state index is 0. The molecule has 0 aliphatic heterocycles. The van der Waals surface area contributed by atoms with E-state index >= 15 is 0 Å². The third kappa shape index (κ3) is 36.3. The van der Waals surface area contributed by atoms with Crippen molar-refractivity contribution < 1.29 is 116 Å². The standard InChI is InChI=1S/C30H31O8P.2Na.H2S.13H2/c1-3-5-7-9-11-13-14-15-17-18-20-22-24-29(31)36-26-28(27-37-39(33,34)35)38-30(32)25-23-21-19-16-12-10-8-6-4-2;;;;;;;;;;;;;;;;/h1,28H,4,6,8,10,12,16,19,21,23,25-27H2,2H3,(H2,33,34,35);;;1H2;13*1H/q;2*+1;;;;;;;;;;;;;;/p-2/t28-;;;;;;;;;;;;;;;;/m0................/s1. The molecule has 0 unspecified atom stereocenters. The van der Waals surface area contributed by atoms with E-state index in [9.17, 15) is 23.9 Å². The van der Waals surface area contributed by atoms with Crippen molar-refractivity contribution in [3.63, 3.8) is 0 Å². The Bertz CT molecular complexity index is 1310. The van der Waals surface area contributed by atoms with Gasteiger partial charge in [0.05, 0.1) is 14.4 Å². The van der Waals surface area contributed by atoms with E-state index in [4.69, 9.17) is 15.9 Å². The quantitative estimate of drug-likeness (QED) is 0.0529. The molecule has 0 aliphatic carbocycles. The SMILES string of the molecule is C#CC#CC#CC#CC#CC#CC#CC(=O)OC[C@@H](COP(=O)([O-])[O-])OC(=O)CCCCCCCCCCC.S.[HH].[HH].[HH].[HH].[HH].[HH].[HH].[HH].[HH].[HH].[HH].[HH].[HH].[Na+].[Na+]. The number of phosphoric ester groups is 1. The molecule has 0 fully saturated rings. The van der Waals surface area contributed by atoms with E-state index in [-0.39, 0.29) is 97.6 Å². The summed E-state index contributed by atoms with van der Waals surface area (Å²) in [6.07, 6.45) is 13.3. The van der Waals surface area contributed by atoms with Crippen LogP contribution in [0, 0.1) is 83.4 Å². The summed E-state index contributed by atoms with van der Waals surface area (Å²) in [5.41, 5.74) is 0. The molecule has 0 heterocycles. The number of rotatable bonds is 16. The van der Waals surface area contributed by atoms with Crippen LogP contribution in [0.4, 0.5) is 0 Å². The Kier molecular flexibility index (Phi) is 38.0. The molecule has 0 spiro atoms. The molecule has 8 nitrogen and oxygen atoms in total. The number of terminal acetylenes is 1. The van der Waals surface area contributed by atoms with Crippen LogP contribution < -0.4 is 68.9 Å². The minimum atomic E-state index is -5.32. The fourth-order valence-electron chi connectivity index (χ4n) is 2.72. The summed E-state index contributed by atoms with van der Waals surface area (Å²) in [6, 6.07) is 0. The van der Waals surface area contributed by atoms with Crippen LogP contribution in [0.3, 0.4) is 0 Å². The van der Waals surface area contributed by atoms with Crippen molar-refractivity contribution >= 4 is 33.3 Å². The second-order valence-corrected chi connectivity index (χ2v) is 8.83. The summed E-state index contributed by atoms with van der Waals surface area (Å²) < 4.78 is 24.9. The molecule has 0 aromatic rings. The van der Waals surface area contributed by atoms with Crippen LogP contribution in [0.5, 0.6) is 0 Å². The van der Waals surface area contributed by atoms with Gasteiger partial charge in [-0.05, 0) is 77.5 Å². The third-order valence-corrected chi connectivity index (χ3v) is 4.93. The first-order valence-corrected chi connectivity index (χ1v) is 13.7. The Hall–Kier alpha value is -1.68. The predicted octanol–water partition coefficient (Wildman–Crippen LogP) is -0.820. The van der Waals surface area contributed by atoms with Crippen LogP contribution in [0.2, 0.25) is 0 Å². The van der Waals surface area contributed by atoms with Crippen LogP contribution in [-0.4, -0.2) is 31.3 Å². The van der Waals surface area contributed by atoms with Crippen molar-refractivity contribution in [1.29, 1.82) is 0 Å². The van der Waals surface area contributed by atoms with Gasteiger partial charge < -0.3 is 28.3 Å². The van der Waals surface area contributed by atoms with Gasteiger partial charge in [0.25, 0.3) is 0 Å². The average Bonchev–Trinajstić information content (AvgIpc) is 2.89. The van der Waals surface area contributed by atoms with Crippen molar-refractivity contribution in [3.8, 4) is 83.4 Å². The molecule has 0 saturated heterocycles. The largest absolute Gasteiger partial charge is 1.00 e. The molecule has 0 rings (SSSR count). The van der Waals surface area contributed by atoms with Gasteiger partial charge in [-0.1, -0.05) is 58.3 Å². The second-order valence-electron chi connectivity index (χ2n) is 7.68. The molecule has 0 amide bonds. The van der Waals surface area contributed by atoms with Gasteiger partial charge >= 0.3 is 71.1 Å². The number of carbonyl (C=O) groups is 2. The molecule has 0 bridgehead atoms. The monoisotopic (exact) mass is 654 g/mol. The topological polar surface area (TPSA) is 125 Å². The molecule has 1 atom stereocenters. The fraction of sp³-hybridized carbons (Fsp3) is 0.467. The number of carbonyl (C=O) groups excluding carboxylic acids is 2. The van der Waals surface area contributed by atoms with E-state index in [2.05, 4.69) is 88.4 Å². The number of esters is 2. The third-order valence-electron chi connectivity index (χ3n) is 4.46. The van der Waals surface area contributed by atoms with Crippen LogP contribution in [0.15, 0.2) is 0 Å². The van der Waals surface area contributed by atoms with Gasteiger partial charge in [0, 0.05) is 30.9 Å². The average molecular weight is 655 g/mol. The van der Waals surface area contributed by atoms with Gasteiger partial charge in [-0.3, -0.25) is 4.79 Å². The van der Waals surface area contributed by atoms with E-state index in [0.717, 1.165) is 25.7 Å². The Morgan fingerprint density at radius 2 is 1.21 bits per heavy atom. The van der Waals surface area contributed by atoms with E-state index in [0.29, 0.717) is 6.42 Å². The van der Waals surface area contributed by atoms with Crippen molar-refractivity contribution in [1.82, 2.24) is 0 Å². The first-order chi connectivity index (χ1) is 18.8. The summed E-state index contributed by atoms with van der Waals surface area (Å²) >= 11 is 0. The molecular weight excluding hydrogens is 597 g/mol. The van der Waals surface area contributed by atoms with E-state index in [1.807, 2.05) is 0 Å². The number of hydrogen-bond donors (Lipinski definition) is 0. The second kappa shape index (κ2) is 33.8. The van der Waals surface area contributed by atoms with Crippen molar-refractivity contribution in [2.45, 2.75) is 77.2 Å². The number of ether oxygens (including phenoxy) is 2. The summed E-state index contributed by atoms with van der Waals surface area (Å²) in [5, 5.41) is 0. The summed E-state index contributed by atoms with van der Waals surface area (Å²) in [7, 11) is -5.32.